The van der Waals surface area contributed by atoms with Crippen molar-refractivity contribution in [3.05, 3.63) is 60.7 Å². The monoisotopic (exact) mass is 351 g/mol. The lowest BCUT2D eigenvalue weighted by Gasteiger charge is -2.00. The SMILES string of the molecule is O=C(c1sccc1Br)C1CC1c1ccc([N+](=O)[O-])cc1. The van der Waals surface area contributed by atoms with Gasteiger partial charge in [0.25, 0.3) is 5.69 Å². The Kier molecular flexibility index (Phi) is 3.43. The minimum atomic E-state index is -0.415. The minimum absolute atomic E-state index is 0.00593. The summed E-state index contributed by atoms with van der Waals surface area (Å²) in [6.07, 6.45) is 0.820. The van der Waals surface area contributed by atoms with E-state index in [1.54, 1.807) is 12.1 Å². The maximum atomic E-state index is 12.3. The van der Waals surface area contributed by atoms with Gasteiger partial charge in [0.2, 0.25) is 0 Å². The standard InChI is InChI=1S/C14H10BrNO3S/c15-12-5-6-20-14(12)13(17)11-7-10(11)8-1-3-9(4-2-8)16(18)19/h1-6,10-11H,7H2. The lowest BCUT2D eigenvalue weighted by atomic mass is 10.1. The van der Waals surface area contributed by atoms with Crippen molar-refractivity contribution in [3.8, 4) is 0 Å². The number of rotatable bonds is 4. The highest BCUT2D eigenvalue weighted by Crippen LogP contribution is 2.50. The minimum Gasteiger partial charge on any atom is -0.293 e. The number of hydrogen-bond acceptors (Lipinski definition) is 4. The van der Waals surface area contributed by atoms with Gasteiger partial charge < -0.3 is 0 Å². The third-order valence-corrected chi connectivity index (χ3v) is 5.35. The van der Waals surface area contributed by atoms with E-state index in [-0.39, 0.29) is 23.3 Å². The zero-order valence-electron chi connectivity index (χ0n) is 10.3. The van der Waals surface area contributed by atoms with Crippen LogP contribution in [0.5, 0.6) is 0 Å². The molecule has 1 aliphatic rings. The van der Waals surface area contributed by atoms with Crippen LogP contribution in [0.1, 0.15) is 27.6 Å². The van der Waals surface area contributed by atoms with E-state index in [0.29, 0.717) is 0 Å². The zero-order valence-corrected chi connectivity index (χ0v) is 12.7. The quantitative estimate of drug-likeness (QED) is 0.465. The van der Waals surface area contributed by atoms with Crippen molar-refractivity contribution >= 4 is 38.7 Å². The van der Waals surface area contributed by atoms with Crippen molar-refractivity contribution in [2.75, 3.05) is 0 Å². The van der Waals surface area contributed by atoms with Gasteiger partial charge in [0.05, 0.1) is 9.80 Å². The first kappa shape index (κ1) is 13.5. The smallest absolute Gasteiger partial charge is 0.269 e. The molecule has 0 bridgehead atoms. The number of non-ortho nitro benzene ring substituents is 1. The first-order valence-electron chi connectivity index (χ1n) is 6.09. The van der Waals surface area contributed by atoms with Crippen molar-refractivity contribution in [2.45, 2.75) is 12.3 Å². The summed E-state index contributed by atoms with van der Waals surface area (Å²) < 4.78 is 0.849. The molecule has 1 fully saturated rings. The van der Waals surface area contributed by atoms with Gasteiger partial charge in [-0.3, -0.25) is 14.9 Å². The molecule has 0 aliphatic heterocycles. The van der Waals surface area contributed by atoms with Gasteiger partial charge in [0.1, 0.15) is 0 Å². The van der Waals surface area contributed by atoms with E-state index in [1.165, 1.54) is 23.5 Å². The Morgan fingerprint density at radius 1 is 1.30 bits per heavy atom. The van der Waals surface area contributed by atoms with Crippen LogP contribution < -0.4 is 0 Å². The van der Waals surface area contributed by atoms with Crippen molar-refractivity contribution in [3.63, 3.8) is 0 Å². The number of ketones is 1. The average Bonchev–Trinajstić information content (AvgIpc) is 3.13. The van der Waals surface area contributed by atoms with Gasteiger partial charge >= 0.3 is 0 Å². The van der Waals surface area contributed by atoms with Gasteiger partial charge in [-0.25, -0.2) is 0 Å². The molecule has 4 nitrogen and oxygen atoms in total. The van der Waals surface area contributed by atoms with E-state index < -0.39 is 4.92 Å². The molecule has 1 aromatic heterocycles. The van der Waals surface area contributed by atoms with Gasteiger partial charge in [-0.2, -0.15) is 0 Å². The fourth-order valence-electron chi connectivity index (χ4n) is 2.33. The third-order valence-electron chi connectivity index (χ3n) is 3.50. The molecule has 1 aromatic carbocycles. The highest BCUT2D eigenvalue weighted by atomic mass is 79.9. The number of Topliss-reactive ketones (excluding diaryl/α,β-unsaturated/α-hetero) is 1. The number of thiophene rings is 1. The topological polar surface area (TPSA) is 60.2 Å². The maximum absolute atomic E-state index is 12.3. The molecular weight excluding hydrogens is 342 g/mol. The fraction of sp³-hybridized carbons (Fsp3) is 0.214. The first-order valence-corrected chi connectivity index (χ1v) is 7.76. The Morgan fingerprint density at radius 3 is 2.55 bits per heavy atom. The van der Waals surface area contributed by atoms with Crippen molar-refractivity contribution < 1.29 is 9.72 Å². The van der Waals surface area contributed by atoms with Gasteiger partial charge in [0, 0.05) is 22.5 Å². The Labute approximate surface area is 127 Å². The van der Waals surface area contributed by atoms with Crippen LogP contribution in [0, 0.1) is 16.0 Å². The second kappa shape index (κ2) is 5.10. The molecule has 0 saturated heterocycles. The maximum Gasteiger partial charge on any atom is 0.269 e. The van der Waals surface area contributed by atoms with Crippen molar-refractivity contribution in [1.29, 1.82) is 0 Å². The predicted octanol–water partition coefficient (Wildman–Crippen LogP) is 4.41. The van der Waals surface area contributed by atoms with Crippen molar-refractivity contribution in [2.24, 2.45) is 5.92 Å². The number of carbonyl (C=O) groups excluding carboxylic acids is 1. The van der Waals surface area contributed by atoms with E-state index >= 15 is 0 Å². The summed E-state index contributed by atoms with van der Waals surface area (Å²) in [5.41, 5.74) is 1.08. The Bertz CT molecular complexity index is 680. The fourth-order valence-corrected chi connectivity index (χ4v) is 3.91. The lowest BCUT2D eigenvalue weighted by molar-refractivity contribution is -0.384. The molecule has 2 atom stereocenters. The Morgan fingerprint density at radius 2 is 2.00 bits per heavy atom. The van der Waals surface area contributed by atoms with Gasteiger partial charge in [-0.15, -0.1) is 11.3 Å². The summed E-state index contributed by atoms with van der Waals surface area (Å²) in [4.78, 5) is 23.3. The highest BCUT2D eigenvalue weighted by molar-refractivity contribution is 9.10. The van der Waals surface area contributed by atoms with E-state index in [9.17, 15) is 14.9 Å². The molecule has 2 aromatic rings. The number of halogens is 1. The summed E-state index contributed by atoms with van der Waals surface area (Å²) >= 11 is 4.82. The van der Waals surface area contributed by atoms with Crippen molar-refractivity contribution in [1.82, 2.24) is 0 Å². The highest BCUT2D eigenvalue weighted by Gasteiger charge is 2.44. The largest absolute Gasteiger partial charge is 0.293 e. The normalized spacial score (nSPS) is 20.6. The summed E-state index contributed by atoms with van der Waals surface area (Å²) in [7, 11) is 0. The van der Waals surface area contributed by atoms with Crippen LogP contribution in [0.4, 0.5) is 5.69 Å². The zero-order chi connectivity index (χ0) is 14.3. The second-order valence-electron chi connectivity index (χ2n) is 4.76. The summed E-state index contributed by atoms with van der Waals surface area (Å²) in [6, 6.07) is 8.37. The third kappa shape index (κ3) is 2.41. The van der Waals surface area contributed by atoms with Crippen LogP contribution in [0.3, 0.4) is 0 Å². The van der Waals surface area contributed by atoms with Crippen LogP contribution in [-0.2, 0) is 0 Å². The van der Waals surface area contributed by atoms with Gasteiger partial charge in [-0.1, -0.05) is 12.1 Å². The molecule has 0 amide bonds. The molecule has 20 heavy (non-hydrogen) atoms. The predicted molar refractivity (Wildman–Crippen MR) is 80.3 cm³/mol. The Hall–Kier alpha value is -1.53. The molecular formula is C14H10BrNO3S. The van der Waals surface area contributed by atoms with Gasteiger partial charge in [-0.05, 0) is 45.3 Å². The summed E-state index contributed by atoms with van der Waals surface area (Å²) in [5, 5.41) is 12.5. The molecule has 1 heterocycles. The first-order chi connectivity index (χ1) is 9.58. The summed E-state index contributed by atoms with van der Waals surface area (Å²) in [6.45, 7) is 0. The number of nitrogens with zero attached hydrogens (tertiary/aromatic N) is 1. The van der Waals surface area contributed by atoms with E-state index in [2.05, 4.69) is 15.9 Å². The van der Waals surface area contributed by atoms with Crippen LogP contribution in [0.15, 0.2) is 40.2 Å². The van der Waals surface area contributed by atoms with E-state index in [0.717, 1.165) is 21.3 Å². The lowest BCUT2D eigenvalue weighted by Crippen LogP contribution is -2.01. The number of nitro groups is 1. The molecule has 0 spiro atoms. The Balaban J connectivity index is 1.74. The molecule has 1 aliphatic carbocycles. The number of hydrogen-bond donors (Lipinski definition) is 0. The van der Waals surface area contributed by atoms with Crippen LogP contribution in [-0.4, -0.2) is 10.7 Å². The molecule has 0 radical (unpaired) electrons. The van der Waals surface area contributed by atoms with Gasteiger partial charge in [0.15, 0.2) is 5.78 Å². The molecule has 2 unspecified atom stereocenters. The van der Waals surface area contributed by atoms with E-state index in [4.69, 9.17) is 0 Å². The van der Waals surface area contributed by atoms with Crippen LogP contribution >= 0.6 is 27.3 Å². The number of nitro benzene ring substituents is 1. The molecule has 6 heteroatoms. The second-order valence-corrected chi connectivity index (χ2v) is 6.53. The molecule has 0 N–H and O–H groups in total. The summed E-state index contributed by atoms with van der Waals surface area (Å²) in [5.74, 6) is 0.360. The average molecular weight is 352 g/mol. The van der Waals surface area contributed by atoms with E-state index in [1.807, 2.05) is 11.4 Å². The molecule has 3 rings (SSSR count). The van der Waals surface area contributed by atoms with Crippen LogP contribution in [0.2, 0.25) is 0 Å². The molecule has 102 valence electrons. The number of carbonyl (C=O) groups is 1. The van der Waals surface area contributed by atoms with Crippen LogP contribution in [0.25, 0.3) is 0 Å². The molecule has 1 saturated carbocycles. The number of benzene rings is 1.